The van der Waals surface area contributed by atoms with E-state index < -0.39 is 0 Å². The third kappa shape index (κ3) is 6.01. The molecule has 0 heterocycles. The summed E-state index contributed by atoms with van der Waals surface area (Å²) in [5, 5.41) is 15.8. The number of phenols is 1. The smallest absolute Gasteiger partial charge is 0.240 e. The van der Waals surface area contributed by atoms with Crippen molar-refractivity contribution in [2.24, 2.45) is 5.10 Å². The van der Waals surface area contributed by atoms with Gasteiger partial charge in [0.05, 0.1) is 6.21 Å². The monoisotopic (exact) mass is 311 g/mol. The predicted octanol–water partition coefficient (Wildman–Crippen LogP) is 2.26. The van der Waals surface area contributed by atoms with E-state index in [0.29, 0.717) is 11.3 Å². The highest BCUT2D eigenvalue weighted by Crippen LogP contribution is 2.08. The summed E-state index contributed by atoms with van der Waals surface area (Å²) < 4.78 is 0. The summed E-state index contributed by atoms with van der Waals surface area (Å²) in [6, 6.07) is 15.5. The van der Waals surface area contributed by atoms with E-state index in [1.807, 2.05) is 18.2 Å². The molecular weight excluding hydrogens is 294 g/mol. The van der Waals surface area contributed by atoms with Gasteiger partial charge in [-0.05, 0) is 29.8 Å². The van der Waals surface area contributed by atoms with E-state index in [4.69, 9.17) is 0 Å². The lowest BCUT2D eigenvalue weighted by molar-refractivity contribution is -0.124. The number of carbonyl (C=O) groups excluding carboxylic acids is 2. The van der Waals surface area contributed by atoms with Gasteiger partial charge in [-0.1, -0.05) is 30.3 Å². The first-order valence-corrected chi connectivity index (χ1v) is 7.09. The van der Waals surface area contributed by atoms with Gasteiger partial charge < -0.3 is 10.4 Å². The van der Waals surface area contributed by atoms with Crippen molar-refractivity contribution in [1.29, 1.82) is 0 Å². The summed E-state index contributed by atoms with van der Waals surface area (Å²) in [4.78, 5) is 23.3. The van der Waals surface area contributed by atoms with E-state index in [-0.39, 0.29) is 30.4 Å². The van der Waals surface area contributed by atoms with Gasteiger partial charge in [0.15, 0.2) is 0 Å². The second kappa shape index (κ2) is 8.33. The number of benzene rings is 2. The normalized spacial score (nSPS) is 10.4. The first kappa shape index (κ1) is 16.2. The lowest BCUT2D eigenvalue weighted by Crippen LogP contribution is -2.20. The van der Waals surface area contributed by atoms with Gasteiger partial charge in [0, 0.05) is 18.5 Å². The summed E-state index contributed by atoms with van der Waals surface area (Å²) >= 11 is 0. The molecule has 0 aliphatic heterocycles. The maximum absolute atomic E-state index is 11.7. The van der Waals surface area contributed by atoms with Crippen LogP contribution in [0.5, 0.6) is 5.75 Å². The first-order valence-electron chi connectivity index (χ1n) is 7.09. The Kier molecular flexibility index (Phi) is 5.88. The zero-order valence-electron chi connectivity index (χ0n) is 12.4. The minimum Gasteiger partial charge on any atom is -0.508 e. The molecule has 0 fully saturated rings. The Morgan fingerprint density at radius 2 is 1.74 bits per heavy atom. The average Bonchev–Trinajstić information content (AvgIpc) is 2.54. The number of carbonyl (C=O) groups is 2. The number of hydrogen-bond acceptors (Lipinski definition) is 4. The first-order chi connectivity index (χ1) is 11.1. The fraction of sp³-hybridized carbons (Fsp3) is 0.118. The van der Waals surface area contributed by atoms with Gasteiger partial charge in [0.2, 0.25) is 11.8 Å². The SMILES string of the molecule is O=C(CCC(=O)Nc1ccccc1)N/N=C\c1cccc(O)c1. The Labute approximate surface area is 133 Å². The predicted molar refractivity (Wildman–Crippen MR) is 88.1 cm³/mol. The summed E-state index contributed by atoms with van der Waals surface area (Å²) in [7, 11) is 0. The number of hydrogen-bond donors (Lipinski definition) is 3. The Morgan fingerprint density at radius 3 is 2.48 bits per heavy atom. The lowest BCUT2D eigenvalue weighted by Gasteiger charge is -2.04. The fourth-order valence-corrected chi connectivity index (χ4v) is 1.81. The zero-order valence-corrected chi connectivity index (χ0v) is 12.4. The van der Waals surface area contributed by atoms with Crippen LogP contribution in [0, 0.1) is 0 Å². The van der Waals surface area contributed by atoms with Crippen molar-refractivity contribution >= 4 is 23.7 Å². The molecule has 0 aliphatic carbocycles. The molecule has 0 bridgehead atoms. The molecule has 0 aliphatic rings. The van der Waals surface area contributed by atoms with Gasteiger partial charge in [0.25, 0.3) is 0 Å². The van der Waals surface area contributed by atoms with Crippen LogP contribution in [0.3, 0.4) is 0 Å². The largest absolute Gasteiger partial charge is 0.508 e. The average molecular weight is 311 g/mol. The Bertz CT molecular complexity index is 699. The Hall–Kier alpha value is -3.15. The van der Waals surface area contributed by atoms with Crippen molar-refractivity contribution in [1.82, 2.24) is 5.43 Å². The Morgan fingerprint density at radius 1 is 1.00 bits per heavy atom. The molecule has 6 nitrogen and oxygen atoms in total. The lowest BCUT2D eigenvalue weighted by atomic mass is 10.2. The second-order valence-corrected chi connectivity index (χ2v) is 4.80. The highest BCUT2D eigenvalue weighted by molar-refractivity contribution is 5.93. The number of rotatable bonds is 6. The number of para-hydroxylation sites is 1. The number of nitrogens with zero attached hydrogens (tertiary/aromatic N) is 1. The third-order valence-corrected chi connectivity index (χ3v) is 2.91. The van der Waals surface area contributed by atoms with Gasteiger partial charge in [-0.25, -0.2) is 5.43 Å². The third-order valence-electron chi connectivity index (χ3n) is 2.91. The molecule has 2 amide bonds. The van der Waals surface area contributed by atoms with Crippen LogP contribution >= 0.6 is 0 Å². The number of anilines is 1. The molecule has 118 valence electrons. The van der Waals surface area contributed by atoms with Crippen molar-refractivity contribution in [3.63, 3.8) is 0 Å². The number of aromatic hydroxyl groups is 1. The molecule has 0 aromatic heterocycles. The van der Waals surface area contributed by atoms with Gasteiger partial charge in [0.1, 0.15) is 5.75 Å². The number of amides is 2. The number of nitrogens with one attached hydrogen (secondary N) is 2. The van der Waals surface area contributed by atoms with Crippen molar-refractivity contribution in [2.45, 2.75) is 12.8 Å². The van der Waals surface area contributed by atoms with E-state index in [9.17, 15) is 14.7 Å². The number of hydrazone groups is 1. The maximum atomic E-state index is 11.7. The molecule has 2 rings (SSSR count). The maximum Gasteiger partial charge on any atom is 0.240 e. The van der Waals surface area contributed by atoms with Crippen LogP contribution in [0.2, 0.25) is 0 Å². The van der Waals surface area contributed by atoms with Gasteiger partial charge >= 0.3 is 0 Å². The molecule has 0 saturated heterocycles. The molecule has 0 spiro atoms. The fourth-order valence-electron chi connectivity index (χ4n) is 1.81. The van der Waals surface area contributed by atoms with Crippen molar-refractivity contribution in [3.05, 3.63) is 60.2 Å². The quantitative estimate of drug-likeness (QED) is 0.564. The summed E-state index contributed by atoms with van der Waals surface area (Å²) in [5.41, 5.74) is 3.69. The van der Waals surface area contributed by atoms with Crippen molar-refractivity contribution in [2.75, 3.05) is 5.32 Å². The molecule has 2 aromatic rings. The van der Waals surface area contributed by atoms with Crippen molar-refractivity contribution < 1.29 is 14.7 Å². The minimum atomic E-state index is -0.357. The standard InChI is InChI=1S/C17H17N3O3/c21-15-8-4-5-13(11-15)12-18-20-17(23)10-9-16(22)19-14-6-2-1-3-7-14/h1-8,11-12,21H,9-10H2,(H,19,22)(H,20,23)/b18-12-. The van der Waals surface area contributed by atoms with Crippen LogP contribution in [-0.4, -0.2) is 23.1 Å². The summed E-state index contributed by atoms with van der Waals surface area (Å²) in [6.07, 6.45) is 1.53. The van der Waals surface area contributed by atoms with E-state index in [1.54, 1.807) is 30.3 Å². The molecule has 6 heteroatoms. The van der Waals surface area contributed by atoms with Crippen LogP contribution in [0.1, 0.15) is 18.4 Å². The van der Waals surface area contributed by atoms with E-state index >= 15 is 0 Å². The van der Waals surface area contributed by atoms with Gasteiger partial charge in [-0.2, -0.15) is 5.10 Å². The van der Waals surface area contributed by atoms with Crippen LogP contribution in [0.25, 0.3) is 0 Å². The molecule has 2 aromatic carbocycles. The van der Waals surface area contributed by atoms with Crippen LogP contribution < -0.4 is 10.7 Å². The molecule has 3 N–H and O–H groups in total. The molecule has 23 heavy (non-hydrogen) atoms. The number of phenolic OH excluding ortho intramolecular Hbond substituents is 1. The van der Waals surface area contributed by atoms with Crippen LogP contribution in [0.4, 0.5) is 5.69 Å². The van der Waals surface area contributed by atoms with Gasteiger partial charge in [-0.15, -0.1) is 0 Å². The summed E-state index contributed by atoms with van der Waals surface area (Å²) in [5.74, 6) is -0.467. The van der Waals surface area contributed by atoms with Gasteiger partial charge in [-0.3, -0.25) is 9.59 Å². The Balaban J connectivity index is 1.71. The summed E-state index contributed by atoms with van der Waals surface area (Å²) in [6.45, 7) is 0. The molecule has 0 radical (unpaired) electrons. The molecular formula is C17H17N3O3. The van der Waals surface area contributed by atoms with Crippen LogP contribution in [0.15, 0.2) is 59.7 Å². The molecule has 0 atom stereocenters. The van der Waals surface area contributed by atoms with Crippen molar-refractivity contribution in [3.8, 4) is 5.75 Å². The highest BCUT2D eigenvalue weighted by Gasteiger charge is 2.06. The van der Waals surface area contributed by atoms with E-state index in [2.05, 4.69) is 15.8 Å². The van der Waals surface area contributed by atoms with E-state index in [1.165, 1.54) is 12.3 Å². The second-order valence-electron chi connectivity index (χ2n) is 4.80. The zero-order chi connectivity index (χ0) is 16.5. The van der Waals surface area contributed by atoms with E-state index in [0.717, 1.165) is 0 Å². The molecule has 0 saturated carbocycles. The highest BCUT2D eigenvalue weighted by atomic mass is 16.3. The van der Waals surface area contributed by atoms with Crippen LogP contribution in [-0.2, 0) is 9.59 Å². The molecule has 0 unspecified atom stereocenters. The topological polar surface area (TPSA) is 90.8 Å². The minimum absolute atomic E-state index is 0.0377.